The van der Waals surface area contributed by atoms with Crippen LogP contribution in [0.3, 0.4) is 0 Å². The predicted molar refractivity (Wildman–Crippen MR) is 121 cm³/mol. The molecule has 31 heavy (non-hydrogen) atoms. The molecule has 0 aliphatic carbocycles. The van der Waals surface area contributed by atoms with Gasteiger partial charge in [0.2, 0.25) is 5.75 Å². The Hall–Kier alpha value is -2.64. The zero-order valence-electron chi connectivity index (χ0n) is 18.0. The number of carboxylic acids is 1. The third-order valence-electron chi connectivity index (χ3n) is 5.32. The Morgan fingerprint density at radius 3 is 2.32 bits per heavy atom. The fourth-order valence-corrected chi connectivity index (χ4v) is 3.80. The van der Waals surface area contributed by atoms with Gasteiger partial charge in [0, 0.05) is 55.4 Å². The maximum Gasteiger partial charge on any atom is 0.303 e. The first-order chi connectivity index (χ1) is 15.0. The number of halogens is 1. The highest BCUT2D eigenvalue weighted by molar-refractivity contribution is 6.30. The SMILES string of the molecule is COc1ccc(CN2CCN(c3ccc(Cl)cc3)CC2)c(OCCCC(=O)O)c1OC. The summed E-state index contributed by atoms with van der Waals surface area (Å²) < 4.78 is 16.9. The van der Waals surface area contributed by atoms with Crippen molar-refractivity contribution < 1.29 is 24.1 Å². The third kappa shape index (κ3) is 6.18. The van der Waals surface area contributed by atoms with Crippen molar-refractivity contribution in [1.29, 1.82) is 0 Å². The number of rotatable bonds is 10. The normalized spacial score (nSPS) is 14.4. The van der Waals surface area contributed by atoms with Crippen molar-refractivity contribution in [3.05, 3.63) is 47.0 Å². The van der Waals surface area contributed by atoms with E-state index < -0.39 is 5.97 Å². The maximum atomic E-state index is 10.8. The number of hydrogen-bond acceptors (Lipinski definition) is 6. The summed E-state index contributed by atoms with van der Waals surface area (Å²) >= 11 is 6.00. The lowest BCUT2D eigenvalue weighted by molar-refractivity contribution is -0.137. The zero-order chi connectivity index (χ0) is 22.2. The first kappa shape index (κ1) is 23.0. The van der Waals surface area contributed by atoms with Crippen LogP contribution in [0.1, 0.15) is 18.4 Å². The molecule has 1 aliphatic heterocycles. The monoisotopic (exact) mass is 448 g/mol. The van der Waals surface area contributed by atoms with Gasteiger partial charge < -0.3 is 24.2 Å². The zero-order valence-corrected chi connectivity index (χ0v) is 18.7. The Kier molecular flexibility index (Phi) is 8.26. The molecule has 168 valence electrons. The van der Waals surface area contributed by atoms with Gasteiger partial charge in [-0.15, -0.1) is 0 Å². The van der Waals surface area contributed by atoms with Gasteiger partial charge in [-0.1, -0.05) is 17.7 Å². The van der Waals surface area contributed by atoms with Crippen molar-refractivity contribution in [3.63, 3.8) is 0 Å². The van der Waals surface area contributed by atoms with Gasteiger partial charge in [0.15, 0.2) is 11.5 Å². The van der Waals surface area contributed by atoms with Gasteiger partial charge in [0.25, 0.3) is 0 Å². The summed E-state index contributed by atoms with van der Waals surface area (Å²) in [7, 11) is 3.17. The van der Waals surface area contributed by atoms with Gasteiger partial charge in [0.1, 0.15) is 0 Å². The summed E-state index contributed by atoms with van der Waals surface area (Å²) in [6.07, 6.45) is 0.489. The van der Waals surface area contributed by atoms with Gasteiger partial charge in [-0.25, -0.2) is 0 Å². The van der Waals surface area contributed by atoms with Crippen molar-refractivity contribution in [1.82, 2.24) is 4.90 Å². The Morgan fingerprint density at radius 1 is 1.00 bits per heavy atom. The number of anilines is 1. The molecule has 2 aromatic rings. The van der Waals surface area contributed by atoms with Gasteiger partial charge in [-0.2, -0.15) is 0 Å². The van der Waals surface area contributed by atoms with E-state index in [9.17, 15) is 4.79 Å². The van der Waals surface area contributed by atoms with E-state index in [-0.39, 0.29) is 6.42 Å². The number of ether oxygens (including phenoxy) is 3. The van der Waals surface area contributed by atoms with E-state index in [1.54, 1.807) is 14.2 Å². The maximum absolute atomic E-state index is 10.8. The number of methoxy groups -OCH3 is 2. The summed E-state index contributed by atoms with van der Waals surface area (Å²) in [6, 6.07) is 11.8. The largest absolute Gasteiger partial charge is 0.493 e. The molecule has 8 heteroatoms. The quantitative estimate of drug-likeness (QED) is 0.552. The first-order valence-corrected chi connectivity index (χ1v) is 10.7. The van der Waals surface area contributed by atoms with Crippen LogP contribution in [0.2, 0.25) is 5.02 Å². The van der Waals surface area contributed by atoms with Crippen molar-refractivity contribution in [2.75, 3.05) is 51.9 Å². The van der Waals surface area contributed by atoms with Crippen molar-refractivity contribution >= 4 is 23.3 Å². The summed E-state index contributed by atoms with van der Waals surface area (Å²) in [6.45, 7) is 4.68. The molecule has 3 rings (SSSR count). The lowest BCUT2D eigenvalue weighted by atomic mass is 10.1. The predicted octanol–water partition coefficient (Wildman–Crippen LogP) is 3.92. The van der Waals surface area contributed by atoms with E-state index in [2.05, 4.69) is 21.9 Å². The summed E-state index contributed by atoms with van der Waals surface area (Å²) in [5.74, 6) is 0.912. The topological polar surface area (TPSA) is 71.5 Å². The Morgan fingerprint density at radius 2 is 1.71 bits per heavy atom. The van der Waals surface area contributed by atoms with E-state index >= 15 is 0 Å². The number of benzene rings is 2. The minimum Gasteiger partial charge on any atom is -0.493 e. The lowest BCUT2D eigenvalue weighted by Gasteiger charge is -2.36. The van der Waals surface area contributed by atoms with Gasteiger partial charge in [-0.3, -0.25) is 9.69 Å². The molecule has 0 unspecified atom stereocenters. The van der Waals surface area contributed by atoms with Crippen LogP contribution in [0.25, 0.3) is 0 Å². The molecule has 0 radical (unpaired) electrons. The van der Waals surface area contributed by atoms with Crippen molar-refractivity contribution in [3.8, 4) is 17.2 Å². The highest BCUT2D eigenvalue weighted by atomic mass is 35.5. The molecular formula is C23H29ClN2O5. The molecule has 1 saturated heterocycles. The number of hydrogen-bond donors (Lipinski definition) is 1. The average molecular weight is 449 g/mol. The highest BCUT2D eigenvalue weighted by Crippen LogP contribution is 2.40. The van der Waals surface area contributed by atoms with Crippen LogP contribution < -0.4 is 19.1 Å². The third-order valence-corrected chi connectivity index (χ3v) is 5.57. The summed E-state index contributed by atoms with van der Waals surface area (Å²) in [4.78, 5) is 15.5. The average Bonchev–Trinajstić information content (AvgIpc) is 2.78. The summed E-state index contributed by atoms with van der Waals surface area (Å²) in [5, 5.41) is 9.61. The van der Waals surface area contributed by atoms with E-state index in [0.717, 1.165) is 36.8 Å². The molecule has 1 fully saturated rings. The van der Waals surface area contributed by atoms with Crippen LogP contribution in [-0.4, -0.2) is 63.0 Å². The fraction of sp³-hybridized carbons (Fsp3) is 0.435. The molecule has 1 N–H and O–H groups in total. The van der Waals surface area contributed by atoms with Crippen LogP contribution in [0.15, 0.2) is 36.4 Å². The van der Waals surface area contributed by atoms with E-state index in [1.165, 1.54) is 5.69 Å². The fourth-order valence-electron chi connectivity index (χ4n) is 3.68. The van der Waals surface area contributed by atoms with Crippen LogP contribution in [0.4, 0.5) is 5.69 Å². The second-order valence-corrected chi connectivity index (χ2v) is 7.81. The molecule has 0 spiro atoms. The van der Waals surface area contributed by atoms with Crippen LogP contribution >= 0.6 is 11.6 Å². The van der Waals surface area contributed by atoms with Gasteiger partial charge in [0.05, 0.1) is 20.8 Å². The number of nitrogens with zero attached hydrogens (tertiary/aromatic N) is 2. The van der Waals surface area contributed by atoms with Crippen LogP contribution in [-0.2, 0) is 11.3 Å². The second-order valence-electron chi connectivity index (χ2n) is 7.37. The lowest BCUT2D eigenvalue weighted by Crippen LogP contribution is -2.46. The number of piperazine rings is 1. The first-order valence-electron chi connectivity index (χ1n) is 10.3. The molecule has 0 saturated carbocycles. The van der Waals surface area contributed by atoms with Gasteiger partial charge >= 0.3 is 5.97 Å². The Bertz CT molecular complexity index is 867. The van der Waals surface area contributed by atoms with Gasteiger partial charge in [-0.05, 0) is 36.8 Å². The van der Waals surface area contributed by atoms with E-state index in [0.29, 0.717) is 36.8 Å². The van der Waals surface area contributed by atoms with E-state index in [4.69, 9.17) is 30.9 Å². The minimum absolute atomic E-state index is 0.0638. The summed E-state index contributed by atoms with van der Waals surface area (Å²) in [5.41, 5.74) is 2.17. The standard InChI is InChI=1S/C23H29ClN2O5/c1-29-20-10-5-17(22(23(20)30-2)31-15-3-4-21(27)28)16-25-11-13-26(14-12-25)19-8-6-18(24)7-9-19/h5-10H,3-4,11-16H2,1-2H3,(H,27,28). The molecule has 0 aromatic heterocycles. The van der Waals surface area contributed by atoms with Crippen molar-refractivity contribution in [2.45, 2.75) is 19.4 Å². The molecule has 2 aromatic carbocycles. The molecule has 1 aliphatic rings. The smallest absolute Gasteiger partial charge is 0.303 e. The number of aliphatic carboxylic acids is 1. The molecular weight excluding hydrogens is 420 g/mol. The van der Waals surface area contributed by atoms with E-state index in [1.807, 2.05) is 24.3 Å². The Labute approximate surface area is 188 Å². The number of carboxylic acid groups (broad SMARTS) is 1. The van der Waals surface area contributed by atoms with Crippen LogP contribution in [0, 0.1) is 0 Å². The van der Waals surface area contributed by atoms with Crippen LogP contribution in [0.5, 0.6) is 17.2 Å². The molecule has 0 atom stereocenters. The highest BCUT2D eigenvalue weighted by Gasteiger charge is 2.22. The molecule has 0 bridgehead atoms. The molecule has 1 heterocycles. The minimum atomic E-state index is -0.833. The molecule has 7 nitrogen and oxygen atoms in total. The second kappa shape index (κ2) is 11.1. The Balaban J connectivity index is 1.67. The van der Waals surface area contributed by atoms with Crippen molar-refractivity contribution in [2.24, 2.45) is 0 Å². The molecule has 0 amide bonds. The number of carbonyl (C=O) groups is 1.